The van der Waals surface area contributed by atoms with Crippen molar-refractivity contribution in [2.45, 2.75) is 20.8 Å². The van der Waals surface area contributed by atoms with E-state index >= 15 is 0 Å². The molecule has 0 aliphatic rings. The van der Waals surface area contributed by atoms with Gasteiger partial charge in [-0.05, 0) is 44.5 Å². The topological polar surface area (TPSA) is 52.3 Å². The highest BCUT2D eigenvalue weighted by Crippen LogP contribution is 2.31. The van der Waals surface area contributed by atoms with Crippen molar-refractivity contribution in [2.24, 2.45) is 0 Å². The molecule has 0 unspecified atom stereocenters. The van der Waals surface area contributed by atoms with Crippen LogP contribution in [-0.2, 0) is 0 Å². The van der Waals surface area contributed by atoms with Crippen molar-refractivity contribution in [3.05, 3.63) is 45.1 Å². The molecule has 3 nitrogen and oxygen atoms in total. The van der Waals surface area contributed by atoms with Crippen molar-refractivity contribution < 1.29 is 9.53 Å². The summed E-state index contributed by atoms with van der Waals surface area (Å²) in [5, 5.41) is 0. The van der Waals surface area contributed by atoms with Crippen molar-refractivity contribution in [3.8, 4) is 5.75 Å². The summed E-state index contributed by atoms with van der Waals surface area (Å²) >= 11 is 1.50. The number of hydrogen-bond donors (Lipinski definition) is 1. The van der Waals surface area contributed by atoms with Gasteiger partial charge in [-0.1, -0.05) is 6.07 Å². The Morgan fingerprint density at radius 3 is 2.68 bits per heavy atom. The van der Waals surface area contributed by atoms with E-state index in [1.54, 1.807) is 18.2 Å². The van der Waals surface area contributed by atoms with Gasteiger partial charge in [-0.3, -0.25) is 4.79 Å². The van der Waals surface area contributed by atoms with Crippen LogP contribution in [0, 0.1) is 13.8 Å². The summed E-state index contributed by atoms with van der Waals surface area (Å²) in [4.78, 5) is 14.5. The van der Waals surface area contributed by atoms with E-state index < -0.39 is 0 Å². The fourth-order valence-electron chi connectivity index (χ4n) is 2.03. The van der Waals surface area contributed by atoms with Crippen molar-refractivity contribution in [1.82, 2.24) is 0 Å². The van der Waals surface area contributed by atoms with Crippen molar-refractivity contribution in [1.29, 1.82) is 0 Å². The quantitative estimate of drug-likeness (QED) is 0.685. The van der Waals surface area contributed by atoms with Crippen LogP contribution < -0.4 is 10.5 Å². The zero-order valence-electron chi connectivity index (χ0n) is 11.3. The number of anilines is 1. The second-order valence-corrected chi connectivity index (χ2v) is 5.61. The van der Waals surface area contributed by atoms with Crippen LogP contribution in [0.4, 0.5) is 5.69 Å². The molecule has 2 N–H and O–H groups in total. The average molecular weight is 275 g/mol. The lowest BCUT2D eigenvalue weighted by Crippen LogP contribution is -2.07. The van der Waals surface area contributed by atoms with Crippen LogP contribution in [0.5, 0.6) is 5.75 Å². The van der Waals surface area contributed by atoms with Gasteiger partial charge in [0.15, 0.2) is 5.75 Å². The van der Waals surface area contributed by atoms with Crippen LogP contribution in [0.15, 0.2) is 24.3 Å². The van der Waals surface area contributed by atoms with Gasteiger partial charge in [-0.25, -0.2) is 0 Å². The van der Waals surface area contributed by atoms with Crippen molar-refractivity contribution >= 4 is 22.8 Å². The number of thiophene rings is 1. The maximum atomic E-state index is 12.6. The molecule has 0 saturated heterocycles. The third-order valence-electron chi connectivity index (χ3n) is 2.83. The lowest BCUT2D eigenvalue weighted by Gasteiger charge is -2.11. The third kappa shape index (κ3) is 2.63. The zero-order chi connectivity index (χ0) is 14.0. The van der Waals surface area contributed by atoms with Crippen LogP contribution in [0.3, 0.4) is 0 Å². The number of aryl methyl sites for hydroxylation is 2. The number of nitrogens with two attached hydrogens (primary N) is 1. The zero-order valence-corrected chi connectivity index (χ0v) is 12.1. The summed E-state index contributed by atoms with van der Waals surface area (Å²) in [6.45, 7) is 6.30. The van der Waals surface area contributed by atoms with Gasteiger partial charge in [-0.2, -0.15) is 0 Å². The van der Waals surface area contributed by atoms with Gasteiger partial charge in [0.25, 0.3) is 0 Å². The van der Waals surface area contributed by atoms with E-state index in [4.69, 9.17) is 10.5 Å². The molecule has 1 heterocycles. The average Bonchev–Trinajstić information content (AvgIpc) is 2.70. The van der Waals surface area contributed by atoms with E-state index in [0.717, 1.165) is 15.3 Å². The van der Waals surface area contributed by atoms with E-state index in [2.05, 4.69) is 0 Å². The fraction of sp³-hybridized carbons (Fsp3) is 0.267. The lowest BCUT2D eigenvalue weighted by molar-refractivity contribution is 0.103. The van der Waals surface area contributed by atoms with Gasteiger partial charge in [0, 0.05) is 4.88 Å². The first kappa shape index (κ1) is 13.6. The predicted octanol–water partition coefficient (Wildman–Crippen LogP) is 3.58. The molecule has 0 saturated carbocycles. The van der Waals surface area contributed by atoms with E-state index in [1.165, 1.54) is 11.3 Å². The largest absolute Gasteiger partial charge is 0.491 e. The Morgan fingerprint density at radius 1 is 1.37 bits per heavy atom. The standard InChI is InChI=1S/C15H17NO2S/c1-4-18-14-11(6-5-7-12(14)16)13(17)15-9(2)8-10(3)19-15/h5-8H,4,16H2,1-3H3. The van der Waals surface area contributed by atoms with E-state index in [9.17, 15) is 4.79 Å². The molecule has 0 atom stereocenters. The smallest absolute Gasteiger partial charge is 0.207 e. The van der Waals surface area contributed by atoms with Crippen molar-refractivity contribution in [2.75, 3.05) is 12.3 Å². The summed E-state index contributed by atoms with van der Waals surface area (Å²) in [7, 11) is 0. The minimum absolute atomic E-state index is 0.0219. The highest BCUT2D eigenvalue weighted by Gasteiger charge is 2.20. The van der Waals surface area contributed by atoms with Crippen LogP contribution in [0.25, 0.3) is 0 Å². The molecule has 0 aliphatic carbocycles. The Bertz CT molecular complexity index is 617. The van der Waals surface area contributed by atoms with Gasteiger partial charge in [0.05, 0.1) is 22.7 Å². The van der Waals surface area contributed by atoms with Crippen LogP contribution >= 0.6 is 11.3 Å². The van der Waals surface area contributed by atoms with Crippen LogP contribution in [-0.4, -0.2) is 12.4 Å². The molecule has 0 aliphatic heterocycles. The lowest BCUT2D eigenvalue weighted by atomic mass is 10.1. The summed E-state index contributed by atoms with van der Waals surface area (Å²) < 4.78 is 5.52. The minimum atomic E-state index is -0.0219. The van der Waals surface area contributed by atoms with Crippen LogP contribution in [0.1, 0.15) is 32.6 Å². The Morgan fingerprint density at radius 2 is 2.11 bits per heavy atom. The highest BCUT2D eigenvalue weighted by molar-refractivity contribution is 7.14. The summed E-state index contributed by atoms with van der Waals surface area (Å²) in [6.07, 6.45) is 0. The Kier molecular flexibility index (Phi) is 3.90. The number of para-hydroxylation sites is 1. The molecule has 2 rings (SSSR count). The molecule has 1 aromatic heterocycles. The second-order valence-electron chi connectivity index (χ2n) is 4.36. The number of ketones is 1. The minimum Gasteiger partial charge on any atom is -0.491 e. The van der Waals surface area contributed by atoms with E-state index in [-0.39, 0.29) is 5.78 Å². The van der Waals surface area contributed by atoms with Gasteiger partial charge < -0.3 is 10.5 Å². The first-order valence-electron chi connectivity index (χ1n) is 6.17. The molecule has 0 radical (unpaired) electrons. The van der Waals surface area contributed by atoms with Gasteiger partial charge in [0.2, 0.25) is 5.78 Å². The molecule has 4 heteroatoms. The molecule has 0 bridgehead atoms. The molecule has 19 heavy (non-hydrogen) atoms. The molecule has 0 spiro atoms. The molecule has 1 aromatic carbocycles. The van der Waals surface area contributed by atoms with Crippen LogP contribution in [0.2, 0.25) is 0 Å². The van der Waals surface area contributed by atoms with Gasteiger partial charge in [0.1, 0.15) is 0 Å². The van der Waals surface area contributed by atoms with E-state index in [0.29, 0.717) is 23.6 Å². The summed E-state index contributed by atoms with van der Waals surface area (Å²) in [6, 6.07) is 7.30. The molecule has 0 amide bonds. The predicted molar refractivity (Wildman–Crippen MR) is 79.2 cm³/mol. The Labute approximate surface area is 117 Å². The first-order valence-corrected chi connectivity index (χ1v) is 6.99. The number of hydrogen-bond acceptors (Lipinski definition) is 4. The Hall–Kier alpha value is -1.81. The molecular formula is C15H17NO2S. The molecule has 2 aromatic rings. The number of rotatable bonds is 4. The summed E-state index contributed by atoms with van der Waals surface area (Å²) in [5.41, 5.74) is 7.92. The first-order chi connectivity index (χ1) is 9.04. The highest BCUT2D eigenvalue weighted by atomic mass is 32.1. The monoisotopic (exact) mass is 275 g/mol. The van der Waals surface area contributed by atoms with E-state index in [1.807, 2.05) is 26.8 Å². The number of benzene rings is 1. The van der Waals surface area contributed by atoms with Crippen molar-refractivity contribution in [3.63, 3.8) is 0 Å². The second kappa shape index (κ2) is 5.45. The summed E-state index contributed by atoms with van der Waals surface area (Å²) in [5.74, 6) is 0.465. The number of carbonyl (C=O) groups excluding carboxylic acids is 1. The van der Waals surface area contributed by atoms with Gasteiger partial charge >= 0.3 is 0 Å². The van der Waals surface area contributed by atoms with Gasteiger partial charge in [-0.15, -0.1) is 11.3 Å². The SMILES string of the molecule is CCOc1c(N)cccc1C(=O)c1sc(C)cc1C. The molecular weight excluding hydrogens is 258 g/mol. The number of ether oxygens (including phenoxy) is 1. The molecule has 100 valence electrons. The number of nitrogen functional groups attached to an aromatic ring is 1. The molecule has 0 fully saturated rings. The number of carbonyl (C=O) groups is 1. The Balaban J connectivity index is 2.50. The fourth-order valence-corrected chi connectivity index (χ4v) is 3.01. The maximum Gasteiger partial charge on any atom is 0.207 e. The normalized spacial score (nSPS) is 10.5. The third-order valence-corrected chi connectivity index (χ3v) is 3.98. The maximum absolute atomic E-state index is 12.6.